The quantitative estimate of drug-likeness (QED) is 0.193. The maximum Gasteiger partial charge on any atom is 0.165 e. The van der Waals surface area contributed by atoms with E-state index in [0.29, 0.717) is 0 Å². The van der Waals surface area contributed by atoms with Gasteiger partial charge in [0.05, 0.1) is 22.1 Å². The van der Waals surface area contributed by atoms with E-state index in [-0.39, 0.29) is 5.92 Å². The zero-order chi connectivity index (χ0) is 32.8. The molecule has 8 aromatic carbocycles. The van der Waals surface area contributed by atoms with E-state index >= 15 is 0 Å². The van der Waals surface area contributed by atoms with E-state index in [1.807, 2.05) is 24.3 Å². The summed E-state index contributed by atoms with van der Waals surface area (Å²) in [6.07, 6.45) is 0. The fraction of sp³-hybridized carbons (Fsp3) is 0.0213. The SMILES string of the molecule is c1ccc(-c2nc3ccccc3nc2-n2c3ccccc3c3cc(C4c5ccc6ccccc6c5-c5c4ccc4ccccc54)ccc32)cc1. The molecule has 0 saturated heterocycles. The van der Waals surface area contributed by atoms with Crippen molar-refractivity contribution in [2.24, 2.45) is 0 Å². The van der Waals surface area contributed by atoms with Crippen molar-refractivity contribution in [3.8, 4) is 28.2 Å². The van der Waals surface area contributed by atoms with Crippen molar-refractivity contribution < 1.29 is 0 Å². The summed E-state index contributed by atoms with van der Waals surface area (Å²) in [5.41, 5.74) is 12.7. The van der Waals surface area contributed by atoms with Crippen molar-refractivity contribution in [2.75, 3.05) is 0 Å². The van der Waals surface area contributed by atoms with Gasteiger partial charge in [-0.05, 0) is 79.7 Å². The summed E-state index contributed by atoms with van der Waals surface area (Å²) in [4.78, 5) is 10.5. The van der Waals surface area contributed by atoms with Gasteiger partial charge in [0.1, 0.15) is 5.69 Å². The van der Waals surface area contributed by atoms with Crippen LogP contribution in [0, 0.1) is 0 Å². The number of hydrogen-bond donors (Lipinski definition) is 0. The summed E-state index contributed by atoms with van der Waals surface area (Å²) in [7, 11) is 0. The molecular formula is C47H29N3. The van der Waals surface area contributed by atoms with Crippen LogP contribution in [0.3, 0.4) is 0 Å². The van der Waals surface area contributed by atoms with E-state index in [4.69, 9.17) is 9.97 Å². The first kappa shape index (κ1) is 27.4. The third kappa shape index (κ3) is 3.86. The van der Waals surface area contributed by atoms with Crippen LogP contribution in [0.5, 0.6) is 0 Å². The molecule has 0 fully saturated rings. The molecule has 0 unspecified atom stereocenters. The normalized spacial score (nSPS) is 12.7. The van der Waals surface area contributed by atoms with Crippen LogP contribution in [-0.2, 0) is 0 Å². The fourth-order valence-electron chi connectivity index (χ4n) is 8.48. The van der Waals surface area contributed by atoms with Crippen molar-refractivity contribution in [3.63, 3.8) is 0 Å². The number of aromatic nitrogens is 3. The minimum atomic E-state index is 0.112. The van der Waals surface area contributed by atoms with Crippen molar-refractivity contribution >= 4 is 54.4 Å². The van der Waals surface area contributed by atoms with Crippen LogP contribution in [0.1, 0.15) is 22.6 Å². The third-order valence-electron chi connectivity index (χ3n) is 10.6. The van der Waals surface area contributed by atoms with E-state index in [0.717, 1.165) is 39.1 Å². The fourth-order valence-corrected chi connectivity index (χ4v) is 8.48. The predicted molar refractivity (Wildman–Crippen MR) is 207 cm³/mol. The first-order chi connectivity index (χ1) is 24.8. The predicted octanol–water partition coefficient (Wildman–Crippen LogP) is 11.9. The van der Waals surface area contributed by atoms with Gasteiger partial charge in [0.25, 0.3) is 0 Å². The highest BCUT2D eigenvalue weighted by Crippen LogP contribution is 2.53. The Morgan fingerprint density at radius 1 is 0.420 bits per heavy atom. The molecule has 1 aliphatic carbocycles. The van der Waals surface area contributed by atoms with Gasteiger partial charge >= 0.3 is 0 Å². The molecule has 50 heavy (non-hydrogen) atoms. The molecular weight excluding hydrogens is 607 g/mol. The summed E-state index contributed by atoms with van der Waals surface area (Å²) >= 11 is 0. The molecule has 0 bridgehead atoms. The van der Waals surface area contributed by atoms with E-state index in [1.54, 1.807) is 0 Å². The first-order valence-electron chi connectivity index (χ1n) is 17.2. The van der Waals surface area contributed by atoms with E-state index in [2.05, 4.69) is 150 Å². The van der Waals surface area contributed by atoms with Gasteiger partial charge in [-0.2, -0.15) is 0 Å². The average Bonchev–Trinajstić information content (AvgIpc) is 3.71. The second-order valence-electron chi connectivity index (χ2n) is 13.3. The monoisotopic (exact) mass is 635 g/mol. The number of benzene rings is 8. The van der Waals surface area contributed by atoms with Gasteiger partial charge < -0.3 is 0 Å². The molecule has 0 saturated carbocycles. The summed E-state index contributed by atoms with van der Waals surface area (Å²) in [6, 6.07) is 61.3. The molecule has 2 aromatic heterocycles. The maximum absolute atomic E-state index is 5.31. The van der Waals surface area contributed by atoms with E-state index in [1.165, 1.54) is 60.1 Å². The minimum Gasteiger partial charge on any atom is -0.292 e. The van der Waals surface area contributed by atoms with Gasteiger partial charge in [-0.1, -0.05) is 140 Å². The maximum atomic E-state index is 5.31. The Hall–Kier alpha value is -6.58. The Morgan fingerprint density at radius 2 is 0.980 bits per heavy atom. The van der Waals surface area contributed by atoms with Gasteiger partial charge in [0, 0.05) is 22.3 Å². The van der Waals surface area contributed by atoms with Crippen LogP contribution >= 0.6 is 0 Å². The first-order valence-corrected chi connectivity index (χ1v) is 17.2. The van der Waals surface area contributed by atoms with Crippen molar-refractivity contribution in [2.45, 2.75) is 5.92 Å². The van der Waals surface area contributed by atoms with Crippen LogP contribution in [0.25, 0.3) is 82.6 Å². The largest absolute Gasteiger partial charge is 0.292 e. The molecule has 232 valence electrons. The lowest BCUT2D eigenvalue weighted by molar-refractivity contribution is 1.02. The molecule has 0 aliphatic heterocycles. The Bertz CT molecular complexity index is 2910. The standard InChI is InChI=1S/C47H29N3/c1-2-14-31(15-3-1)46-47(49-40-20-10-9-19-39(40)48-46)50-41-21-11-8-18-35(41)38-28-32(24-27-42(38)50)43-36-25-22-29-12-4-6-16-33(29)44(36)45-34-17-7-5-13-30(34)23-26-37(43)45/h1-28,43H. The number of nitrogens with zero attached hydrogens (tertiary/aromatic N) is 3. The van der Waals surface area contributed by atoms with E-state index in [9.17, 15) is 0 Å². The molecule has 0 N–H and O–H groups in total. The lowest BCUT2D eigenvalue weighted by atomic mass is 9.87. The molecule has 0 atom stereocenters. The van der Waals surface area contributed by atoms with E-state index < -0.39 is 0 Å². The lowest BCUT2D eigenvalue weighted by Gasteiger charge is -2.16. The molecule has 3 heteroatoms. The molecule has 10 aromatic rings. The van der Waals surface area contributed by atoms with Crippen molar-refractivity contribution in [1.82, 2.24) is 14.5 Å². The second kappa shape index (κ2) is 10.5. The van der Waals surface area contributed by atoms with Crippen LogP contribution < -0.4 is 0 Å². The molecule has 0 radical (unpaired) electrons. The number of hydrogen-bond acceptors (Lipinski definition) is 2. The van der Waals surface area contributed by atoms with Gasteiger partial charge in [0.2, 0.25) is 0 Å². The van der Waals surface area contributed by atoms with Gasteiger partial charge in [-0.3, -0.25) is 4.57 Å². The number of fused-ring (bicyclic) bond motifs is 11. The van der Waals surface area contributed by atoms with Crippen LogP contribution in [0.15, 0.2) is 170 Å². The molecule has 0 amide bonds. The third-order valence-corrected chi connectivity index (χ3v) is 10.6. The summed E-state index contributed by atoms with van der Waals surface area (Å²) in [5.74, 6) is 0.949. The van der Waals surface area contributed by atoms with Gasteiger partial charge in [0.15, 0.2) is 5.82 Å². The van der Waals surface area contributed by atoms with Crippen LogP contribution in [0.2, 0.25) is 0 Å². The summed E-state index contributed by atoms with van der Waals surface area (Å²) < 4.78 is 2.31. The summed E-state index contributed by atoms with van der Waals surface area (Å²) in [5, 5.41) is 7.58. The average molecular weight is 636 g/mol. The Labute approximate surface area is 288 Å². The topological polar surface area (TPSA) is 30.7 Å². The Kier molecular flexibility index (Phi) is 5.73. The smallest absolute Gasteiger partial charge is 0.165 e. The van der Waals surface area contributed by atoms with Gasteiger partial charge in [-0.25, -0.2) is 9.97 Å². The zero-order valence-corrected chi connectivity index (χ0v) is 27.1. The van der Waals surface area contributed by atoms with Crippen LogP contribution in [-0.4, -0.2) is 14.5 Å². The molecule has 0 spiro atoms. The Morgan fingerprint density at radius 3 is 1.68 bits per heavy atom. The van der Waals surface area contributed by atoms with Crippen LogP contribution in [0.4, 0.5) is 0 Å². The number of rotatable bonds is 3. The minimum absolute atomic E-state index is 0.112. The van der Waals surface area contributed by atoms with Crippen molar-refractivity contribution in [1.29, 1.82) is 0 Å². The molecule has 1 aliphatic rings. The Balaban J connectivity index is 1.19. The lowest BCUT2D eigenvalue weighted by Crippen LogP contribution is -2.04. The van der Waals surface area contributed by atoms with Crippen molar-refractivity contribution in [3.05, 3.63) is 187 Å². The molecule has 3 nitrogen and oxygen atoms in total. The highest BCUT2D eigenvalue weighted by molar-refractivity contribution is 6.12. The number of para-hydroxylation sites is 3. The summed E-state index contributed by atoms with van der Waals surface area (Å²) in [6.45, 7) is 0. The highest BCUT2D eigenvalue weighted by atomic mass is 15.1. The second-order valence-corrected chi connectivity index (χ2v) is 13.3. The van der Waals surface area contributed by atoms with Gasteiger partial charge in [-0.15, -0.1) is 0 Å². The molecule has 11 rings (SSSR count). The highest BCUT2D eigenvalue weighted by Gasteiger charge is 2.33. The molecule has 2 heterocycles. The zero-order valence-electron chi connectivity index (χ0n) is 27.1.